The smallest absolute Gasteiger partial charge is 0.262 e. The van der Waals surface area contributed by atoms with Gasteiger partial charge in [-0.05, 0) is 56.3 Å². The third-order valence-corrected chi connectivity index (χ3v) is 6.78. The molecule has 0 bridgehead atoms. The van der Waals surface area contributed by atoms with Crippen LogP contribution >= 0.6 is 34.5 Å². The number of fused-ring (bicyclic) bond motifs is 1. The van der Waals surface area contributed by atoms with Gasteiger partial charge in [0.25, 0.3) is 5.91 Å². The fourth-order valence-corrected chi connectivity index (χ4v) is 4.97. The number of carbonyl (C=O) groups is 1. The highest BCUT2D eigenvalue weighted by atomic mass is 35.5. The summed E-state index contributed by atoms with van der Waals surface area (Å²) >= 11 is 14.2. The van der Waals surface area contributed by atoms with Crippen LogP contribution in [0.4, 0.5) is 5.69 Å². The third-order valence-electron chi connectivity index (χ3n) is 5.31. The Kier molecular flexibility index (Phi) is 6.46. The van der Waals surface area contributed by atoms with Crippen molar-refractivity contribution in [2.24, 2.45) is 10.1 Å². The number of hydrogen-bond acceptors (Lipinski definition) is 6. The standard InChI is InChI=1S/C24H20Cl2N6O2S/c1-3-27-24-32(20(13-35-24)15-4-9-21-19(10-15)29-22(33)12-34-21)28-11-18-14(2)30-31(23(18)26)17-7-5-16(25)6-8-17/h4-11,13H,3,12H2,1-2H3,(H,29,33). The van der Waals surface area contributed by atoms with Gasteiger partial charge in [0.15, 0.2) is 6.61 Å². The minimum atomic E-state index is -0.185. The first-order valence-electron chi connectivity index (χ1n) is 10.8. The Hall–Kier alpha value is -3.40. The summed E-state index contributed by atoms with van der Waals surface area (Å²) in [5.74, 6) is 0.449. The molecule has 8 nitrogen and oxygen atoms in total. The number of nitrogens with one attached hydrogen (secondary N) is 1. The van der Waals surface area contributed by atoms with E-state index in [9.17, 15) is 4.79 Å². The van der Waals surface area contributed by atoms with Crippen molar-refractivity contribution in [3.8, 4) is 22.7 Å². The largest absolute Gasteiger partial charge is 0.482 e. The number of aromatic nitrogens is 3. The van der Waals surface area contributed by atoms with Gasteiger partial charge in [-0.25, -0.2) is 9.36 Å². The molecule has 1 amide bonds. The second-order valence-electron chi connectivity index (χ2n) is 7.66. The highest BCUT2D eigenvalue weighted by molar-refractivity contribution is 7.07. The molecule has 1 N–H and O–H groups in total. The van der Waals surface area contributed by atoms with E-state index >= 15 is 0 Å². The lowest BCUT2D eigenvalue weighted by molar-refractivity contribution is -0.118. The van der Waals surface area contributed by atoms with E-state index in [1.807, 2.05) is 49.6 Å². The molecular formula is C24H20Cl2N6O2S. The zero-order chi connectivity index (χ0) is 24.5. The van der Waals surface area contributed by atoms with Gasteiger partial charge in [0, 0.05) is 22.5 Å². The van der Waals surface area contributed by atoms with E-state index in [0.717, 1.165) is 27.4 Å². The number of hydrogen-bond donors (Lipinski definition) is 1. The molecule has 0 saturated carbocycles. The lowest BCUT2D eigenvalue weighted by atomic mass is 10.1. The molecule has 0 saturated heterocycles. The number of thiazole rings is 1. The fourth-order valence-electron chi connectivity index (χ4n) is 3.62. The Labute approximate surface area is 215 Å². The molecule has 0 unspecified atom stereocenters. The second-order valence-corrected chi connectivity index (χ2v) is 9.29. The summed E-state index contributed by atoms with van der Waals surface area (Å²) in [7, 11) is 0. The van der Waals surface area contributed by atoms with Gasteiger partial charge in [-0.2, -0.15) is 10.2 Å². The van der Waals surface area contributed by atoms with Crippen LogP contribution < -0.4 is 14.9 Å². The van der Waals surface area contributed by atoms with Crippen molar-refractivity contribution in [2.45, 2.75) is 13.8 Å². The van der Waals surface area contributed by atoms with Crippen LogP contribution in [-0.2, 0) is 4.79 Å². The van der Waals surface area contributed by atoms with Crippen LogP contribution in [0, 0.1) is 6.92 Å². The van der Waals surface area contributed by atoms with E-state index in [1.54, 1.807) is 27.7 Å². The van der Waals surface area contributed by atoms with E-state index < -0.39 is 0 Å². The maximum Gasteiger partial charge on any atom is 0.262 e. The second kappa shape index (κ2) is 9.69. The van der Waals surface area contributed by atoms with E-state index in [4.69, 9.17) is 33.0 Å². The third kappa shape index (κ3) is 4.62. The molecule has 1 aliphatic rings. The number of benzene rings is 2. The van der Waals surface area contributed by atoms with Gasteiger partial charge < -0.3 is 10.1 Å². The summed E-state index contributed by atoms with van der Waals surface area (Å²) in [5.41, 5.74) is 4.53. The van der Waals surface area contributed by atoms with Crippen molar-refractivity contribution >= 4 is 52.3 Å². The summed E-state index contributed by atoms with van der Waals surface area (Å²) in [4.78, 5) is 17.1. The highest BCUT2D eigenvalue weighted by Crippen LogP contribution is 2.33. The van der Waals surface area contributed by atoms with Gasteiger partial charge >= 0.3 is 0 Å². The molecule has 2 aromatic heterocycles. The van der Waals surface area contributed by atoms with Crippen molar-refractivity contribution in [1.29, 1.82) is 0 Å². The Morgan fingerprint density at radius 3 is 2.80 bits per heavy atom. The summed E-state index contributed by atoms with van der Waals surface area (Å²) in [6.07, 6.45) is 1.69. The number of halogens is 2. The quantitative estimate of drug-likeness (QED) is 0.364. The topological polar surface area (TPSA) is 85.8 Å². The molecule has 4 aromatic rings. The maximum absolute atomic E-state index is 11.8. The van der Waals surface area contributed by atoms with Crippen LogP contribution in [-0.4, -0.2) is 39.7 Å². The molecule has 0 spiro atoms. The van der Waals surface area contributed by atoms with Gasteiger partial charge in [0.05, 0.1) is 34.5 Å². The SMILES string of the molecule is CCN=c1scc(-c2ccc3c(c2)NC(=O)CO3)n1N=Cc1c(C)nn(-c2ccc(Cl)cc2)c1Cl. The van der Waals surface area contributed by atoms with E-state index in [1.165, 1.54) is 11.3 Å². The minimum absolute atomic E-state index is 0.0123. The van der Waals surface area contributed by atoms with Gasteiger partial charge in [-0.1, -0.05) is 23.2 Å². The number of nitrogens with zero attached hydrogens (tertiary/aromatic N) is 5. The molecule has 2 aromatic carbocycles. The van der Waals surface area contributed by atoms with E-state index in [2.05, 4.69) is 15.4 Å². The number of rotatable bonds is 5. The van der Waals surface area contributed by atoms with Crippen LogP contribution in [0.15, 0.2) is 57.9 Å². The van der Waals surface area contributed by atoms with Crippen molar-refractivity contribution in [1.82, 2.24) is 14.5 Å². The van der Waals surface area contributed by atoms with Crippen molar-refractivity contribution in [3.05, 3.63) is 74.1 Å². The van der Waals surface area contributed by atoms with Crippen LogP contribution in [0.2, 0.25) is 10.2 Å². The zero-order valence-corrected chi connectivity index (χ0v) is 21.2. The van der Waals surface area contributed by atoms with Crippen LogP contribution in [0.5, 0.6) is 5.75 Å². The Bertz CT molecular complexity index is 1520. The summed E-state index contributed by atoms with van der Waals surface area (Å²) in [6.45, 7) is 4.47. The minimum Gasteiger partial charge on any atom is -0.482 e. The predicted octanol–water partition coefficient (Wildman–Crippen LogP) is 5.15. The highest BCUT2D eigenvalue weighted by Gasteiger charge is 2.18. The average molecular weight is 527 g/mol. The lowest BCUT2D eigenvalue weighted by Crippen LogP contribution is -2.25. The first-order valence-corrected chi connectivity index (χ1v) is 12.4. The van der Waals surface area contributed by atoms with Gasteiger partial charge in [-0.15, -0.1) is 11.3 Å². The van der Waals surface area contributed by atoms with Crippen LogP contribution in [0.1, 0.15) is 18.2 Å². The molecule has 178 valence electrons. The predicted molar refractivity (Wildman–Crippen MR) is 139 cm³/mol. The molecule has 11 heteroatoms. The molecule has 0 atom stereocenters. The van der Waals surface area contributed by atoms with E-state index in [-0.39, 0.29) is 12.5 Å². The first kappa shape index (κ1) is 23.3. The molecule has 0 aliphatic carbocycles. The molecule has 0 radical (unpaired) electrons. The Morgan fingerprint density at radius 2 is 2.03 bits per heavy atom. The van der Waals surface area contributed by atoms with Gasteiger partial charge in [-0.3, -0.25) is 9.79 Å². The van der Waals surface area contributed by atoms with E-state index in [0.29, 0.717) is 33.7 Å². The maximum atomic E-state index is 11.8. The lowest BCUT2D eigenvalue weighted by Gasteiger charge is -2.18. The van der Waals surface area contributed by atoms with Gasteiger partial charge in [0.2, 0.25) is 4.80 Å². The Morgan fingerprint density at radius 1 is 1.23 bits per heavy atom. The van der Waals surface area contributed by atoms with Crippen molar-refractivity contribution in [2.75, 3.05) is 18.5 Å². The van der Waals surface area contributed by atoms with Crippen molar-refractivity contribution in [3.63, 3.8) is 0 Å². The molecule has 5 rings (SSSR count). The number of ether oxygens (including phenoxy) is 1. The molecular weight excluding hydrogens is 507 g/mol. The summed E-state index contributed by atoms with van der Waals surface area (Å²) in [6, 6.07) is 12.9. The number of carbonyl (C=O) groups excluding carboxylic acids is 1. The molecule has 1 aliphatic heterocycles. The molecule has 35 heavy (non-hydrogen) atoms. The fraction of sp³-hybridized carbons (Fsp3) is 0.167. The number of amides is 1. The summed E-state index contributed by atoms with van der Waals surface area (Å²) < 4.78 is 8.89. The summed E-state index contributed by atoms with van der Waals surface area (Å²) in [5, 5.41) is 15.2. The molecule has 3 heterocycles. The number of aryl methyl sites for hydroxylation is 1. The number of anilines is 1. The monoisotopic (exact) mass is 526 g/mol. The average Bonchev–Trinajstić information content (AvgIpc) is 3.37. The van der Waals surface area contributed by atoms with Crippen molar-refractivity contribution < 1.29 is 9.53 Å². The normalized spacial score (nSPS) is 13.7. The Balaban J connectivity index is 1.55. The zero-order valence-electron chi connectivity index (χ0n) is 18.8. The van der Waals surface area contributed by atoms with Gasteiger partial charge in [0.1, 0.15) is 10.9 Å². The molecule has 0 fully saturated rings. The van der Waals surface area contributed by atoms with Crippen LogP contribution in [0.25, 0.3) is 16.9 Å². The first-order chi connectivity index (χ1) is 16.9. The van der Waals surface area contributed by atoms with Crippen LogP contribution in [0.3, 0.4) is 0 Å².